The van der Waals surface area contributed by atoms with E-state index in [1.807, 2.05) is 18.2 Å². The molecule has 10 rings (SSSR count). The van der Waals surface area contributed by atoms with Gasteiger partial charge in [-0.15, -0.1) is 0 Å². The highest BCUT2D eigenvalue weighted by Crippen LogP contribution is 2.40. The topological polar surface area (TPSA) is 16.4 Å². The van der Waals surface area contributed by atoms with E-state index in [9.17, 15) is 0 Å². The number of nitrogens with zero attached hydrogens (tertiary/aromatic N) is 1. The Bertz CT molecular complexity index is 2900. The molecule has 0 saturated heterocycles. The van der Waals surface area contributed by atoms with Gasteiger partial charge in [0.05, 0.1) is 0 Å². The van der Waals surface area contributed by atoms with Gasteiger partial charge >= 0.3 is 0 Å². The van der Waals surface area contributed by atoms with Crippen LogP contribution in [0.25, 0.3) is 77.6 Å². The second kappa shape index (κ2) is 14.4. The number of furan rings is 1. The van der Waals surface area contributed by atoms with Crippen molar-refractivity contribution in [2.75, 3.05) is 4.90 Å². The zero-order valence-corrected chi connectivity index (χ0v) is 30.7. The highest BCUT2D eigenvalue weighted by atomic mass is 16.3. The zero-order chi connectivity index (χ0) is 37.3. The van der Waals surface area contributed by atoms with Crippen molar-refractivity contribution in [3.63, 3.8) is 0 Å². The molecule has 0 N–H and O–H groups in total. The second-order valence-corrected chi connectivity index (χ2v) is 14.1. The maximum Gasteiger partial charge on any atom is 0.136 e. The van der Waals surface area contributed by atoms with Gasteiger partial charge in [-0.3, -0.25) is 0 Å². The van der Waals surface area contributed by atoms with Crippen LogP contribution in [0.3, 0.4) is 0 Å². The van der Waals surface area contributed by atoms with Gasteiger partial charge in [-0.05, 0) is 104 Å². The van der Waals surface area contributed by atoms with E-state index < -0.39 is 0 Å². The fraction of sp³-hybridized carbons (Fsp3) is 0. The van der Waals surface area contributed by atoms with E-state index in [0.29, 0.717) is 0 Å². The van der Waals surface area contributed by atoms with Gasteiger partial charge in [0, 0.05) is 28.0 Å². The van der Waals surface area contributed by atoms with Gasteiger partial charge in [0.2, 0.25) is 0 Å². The molecule has 0 aliphatic carbocycles. The number of rotatable bonds is 8. The Morgan fingerprint density at radius 2 is 0.786 bits per heavy atom. The van der Waals surface area contributed by atoms with Crippen LogP contribution in [0.2, 0.25) is 0 Å². The molecule has 2 nitrogen and oxygen atoms in total. The lowest BCUT2D eigenvalue weighted by Gasteiger charge is -2.26. The van der Waals surface area contributed by atoms with Crippen molar-refractivity contribution in [1.82, 2.24) is 0 Å². The third-order valence-electron chi connectivity index (χ3n) is 10.7. The molecule has 0 spiro atoms. The lowest BCUT2D eigenvalue weighted by Crippen LogP contribution is -2.10. The molecule has 1 heterocycles. The van der Waals surface area contributed by atoms with Crippen LogP contribution in [0.15, 0.2) is 229 Å². The Morgan fingerprint density at radius 3 is 1.54 bits per heavy atom. The van der Waals surface area contributed by atoms with E-state index in [1.165, 1.54) is 44.2 Å². The van der Waals surface area contributed by atoms with Crippen molar-refractivity contribution in [2.45, 2.75) is 0 Å². The summed E-state index contributed by atoms with van der Waals surface area (Å²) in [5, 5.41) is 3.63. The van der Waals surface area contributed by atoms with Crippen LogP contribution >= 0.6 is 0 Å². The predicted molar refractivity (Wildman–Crippen MR) is 236 cm³/mol. The van der Waals surface area contributed by atoms with Crippen molar-refractivity contribution in [1.29, 1.82) is 0 Å². The fourth-order valence-electron chi connectivity index (χ4n) is 7.88. The molecule has 0 aliphatic rings. The highest BCUT2D eigenvalue weighted by molar-refractivity contribution is 5.97. The predicted octanol–water partition coefficient (Wildman–Crippen LogP) is 15.4. The van der Waals surface area contributed by atoms with Crippen molar-refractivity contribution in [3.05, 3.63) is 224 Å². The molecule has 0 unspecified atom stereocenters. The molecule has 1 aromatic heterocycles. The monoisotopic (exact) mass is 715 g/mol. The Labute approximate surface area is 327 Å². The number of hydrogen-bond acceptors (Lipinski definition) is 2. The number of para-hydroxylation sites is 1. The van der Waals surface area contributed by atoms with Crippen LogP contribution in [0.4, 0.5) is 17.1 Å². The van der Waals surface area contributed by atoms with Crippen LogP contribution in [-0.2, 0) is 0 Å². The summed E-state index contributed by atoms with van der Waals surface area (Å²) in [6.07, 6.45) is 0. The largest absolute Gasteiger partial charge is 0.456 e. The zero-order valence-electron chi connectivity index (χ0n) is 30.7. The molecule has 0 radical (unpaired) electrons. The first kappa shape index (κ1) is 33.2. The molecule has 56 heavy (non-hydrogen) atoms. The lowest BCUT2D eigenvalue weighted by atomic mass is 9.96. The van der Waals surface area contributed by atoms with Crippen LogP contribution in [0.1, 0.15) is 0 Å². The van der Waals surface area contributed by atoms with Crippen molar-refractivity contribution < 1.29 is 4.42 Å². The van der Waals surface area contributed by atoms with Gasteiger partial charge in [-0.1, -0.05) is 176 Å². The summed E-state index contributed by atoms with van der Waals surface area (Å²) < 4.78 is 6.32. The quantitative estimate of drug-likeness (QED) is 0.156. The molecule has 0 aliphatic heterocycles. The van der Waals surface area contributed by atoms with Gasteiger partial charge in [-0.25, -0.2) is 0 Å². The lowest BCUT2D eigenvalue weighted by molar-refractivity contribution is 0.632. The molecule has 0 amide bonds. The summed E-state index contributed by atoms with van der Waals surface area (Å²) in [5.74, 6) is 0.869. The minimum absolute atomic E-state index is 0.869. The van der Waals surface area contributed by atoms with E-state index >= 15 is 0 Å². The second-order valence-electron chi connectivity index (χ2n) is 14.1. The average Bonchev–Trinajstić information content (AvgIpc) is 3.72. The smallest absolute Gasteiger partial charge is 0.136 e. The molecule has 2 heteroatoms. The van der Waals surface area contributed by atoms with Gasteiger partial charge in [0.1, 0.15) is 11.3 Å². The molecule has 0 fully saturated rings. The van der Waals surface area contributed by atoms with Crippen LogP contribution in [-0.4, -0.2) is 0 Å². The maximum atomic E-state index is 6.32. The summed E-state index contributed by atoms with van der Waals surface area (Å²) in [5.41, 5.74) is 14.7. The summed E-state index contributed by atoms with van der Waals surface area (Å²) >= 11 is 0. The van der Waals surface area contributed by atoms with E-state index in [4.69, 9.17) is 4.42 Å². The first-order chi connectivity index (χ1) is 27.7. The molecular formula is C54H37NO. The van der Waals surface area contributed by atoms with Crippen molar-refractivity contribution in [3.8, 4) is 55.8 Å². The number of fused-ring (bicyclic) bond motifs is 2. The average molecular weight is 716 g/mol. The first-order valence-electron chi connectivity index (χ1n) is 19.1. The molecular weight excluding hydrogens is 679 g/mol. The number of anilines is 3. The Balaban J connectivity index is 1.00. The van der Waals surface area contributed by atoms with Crippen molar-refractivity contribution >= 4 is 38.8 Å². The van der Waals surface area contributed by atoms with E-state index in [1.54, 1.807) is 0 Å². The van der Waals surface area contributed by atoms with E-state index in [2.05, 4.69) is 211 Å². The van der Waals surface area contributed by atoms with Gasteiger partial charge in [0.25, 0.3) is 0 Å². The van der Waals surface area contributed by atoms with Gasteiger partial charge < -0.3 is 9.32 Å². The van der Waals surface area contributed by atoms with E-state index in [-0.39, 0.29) is 0 Å². The molecule has 0 atom stereocenters. The SMILES string of the molecule is c1ccc(-c2cccc(N(c3ccc(-c4ccc(-c5cccc6ccccc56)cc4)cc3)c3ccc(-c4ccccc4-c4cc5ccccc5o4)cc3)c2)cc1. The number of hydrogen-bond donors (Lipinski definition) is 0. The Hall–Kier alpha value is -7.42. The normalized spacial score (nSPS) is 11.2. The molecule has 0 bridgehead atoms. The summed E-state index contributed by atoms with van der Waals surface area (Å²) in [7, 11) is 0. The third kappa shape index (κ3) is 6.34. The molecule has 10 aromatic rings. The van der Waals surface area contributed by atoms with Crippen molar-refractivity contribution in [2.24, 2.45) is 0 Å². The minimum Gasteiger partial charge on any atom is -0.456 e. The van der Waals surface area contributed by atoms with Crippen LogP contribution in [0, 0.1) is 0 Å². The van der Waals surface area contributed by atoms with Crippen LogP contribution < -0.4 is 4.90 Å². The highest BCUT2D eigenvalue weighted by Gasteiger charge is 2.16. The van der Waals surface area contributed by atoms with E-state index in [0.717, 1.165) is 50.5 Å². The molecule has 264 valence electrons. The number of benzene rings is 9. The standard InChI is InChI=1S/C54H37NO/c1-2-12-38(13-3-1)44-17-10-18-48(36-44)55(47-34-30-43(31-35-47)51-20-7-8-21-52(51)54-37-45-15-5-9-23-53(45)56-54)46-32-28-40(29-33-46)39-24-26-42(27-25-39)50-22-11-16-41-14-4-6-19-49(41)50/h1-37H. The van der Waals surface area contributed by atoms with Gasteiger partial charge in [0.15, 0.2) is 0 Å². The summed E-state index contributed by atoms with van der Waals surface area (Å²) in [4.78, 5) is 2.34. The Kier molecular flexibility index (Phi) is 8.55. The van der Waals surface area contributed by atoms with Crippen LogP contribution in [0.5, 0.6) is 0 Å². The molecule has 9 aromatic carbocycles. The Morgan fingerprint density at radius 1 is 0.286 bits per heavy atom. The summed E-state index contributed by atoms with van der Waals surface area (Å²) in [6, 6.07) is 80.0. The maximum absolute atomic E-state index is 6.32. The third-order valence-corrected chi connectivity index (χ3v) is 10.7. The fourth-order valence-corrected chi connectivity index (χ4v) is 7.88. The summed E-state index contributed by atoms with van der Waals surface area (Å²) in [6.45, 7) is 0. The minimum atomic E-state index is 0.869. The molecule has 0 saturated carbocycles. The van der Waals surface area contributed by atoms with Gasteiger partial charge in [-0.2, -0.15) is 0 Å². The first-order valence-corrected chi connectivity index (χ1v) is 19.1.